The molecule has 1 aromatic carbocycles. The van der Waals surface area contributed by atoms with Gasteiger partial charge in [-0.3, -0.25) is 9.55 Å². The van der Waals surface area contributed by atoms with Crippen LogP contribution in [0.5, 0.6) is 0 Å². The minimum atomic E-state index is -0.664. The second kappa shape index (κ2) is 7.87. The average Bonchev–Trinajstić information content (AvgIpc) is 3.18. The number of fused-ring (bicyclic) bond motifs is 2. The number of imidazole rings is 1. The van der Waals surface area contributed by atoms with Gasteiger partial charge in [0.05, 0.1) is 41.6 Å². The Balaban J connectivity index is 1.60. The highest BCUT2D eigenvalue weighted by atomic mass is 19.1. The number of nitriles is 1. The number of morpholine rings is 1. The number of aromatic nitrogens is 3. The number of anilines is 1. The fourth-order valence-electron chi connectivity index (χ4n) is 4.54. The number of hydrogen-bond acceptors (Lipinski definition) is 6. The molecule has 2 aliphatic rings. The summed E-state index contributed by atoms with van der Waals surface area (Å²) in [5.74, 6) is -0.751. The van der Waals surface area contributed by atoms with Gasteiger partial charge in [0.25, 0.3) is 0 Å². The highest BCUT2D eigenvalue weighted by molar-refractivity contribution is 5.80. The molecule has 9 heteroatoms. The van der Waals surface area contributed by atoms with Crippen LogP contribution in [-0.4, -0.2) is 52.9 Å². The maximum Gasteiger partial charge on any atom is 0.207 e. The van der Waals surface area contributed by atoms with Crippen LogP contribution in [0.2, 0.25) is 0 Å². The van der Waals surface area contributed by atoms with Crippen molar-refractivity contribution in [2.45, 2.75) is 31.5 Å². The molecule has 0 spiro atoms. The number of halogens is 2. The Bertz CT molecular complexity index is 1160. The van der Waals surface area contributed by atoms with E-state index in [1.165, 1.54) is 12.3 Å². The van der Waals surface area contributed by atoms with Crippen molar-refractivity contribution in [1.82, 2.24) is 19.9 Å². The zero-order chi connectivity index (χ0) is 21.5. The van der Waals surface area contributed by atoms with E-state index in [2.05, 4.69) is 26.3 Å². The molecule has 31 heavy (non-hydrogen) atoms. The van der Waals surface area contributed by atoms with Crippen LogP contribution in [0.4, 0.5) is 14.7 Å². The number of piperidine rings is 1. The van der Waals surface area contributed by atoms with Gasteiger partial charge in [0.2, 0.25) is 5.95 Å². The average molecular weight is 424 g/mol. The summed E-state index contributed by atoms with van der Waals surface area (Å²) in [7, 11) is 0. The molecule has 2 saturated heterocycles. The summed E-state index contributed by atoms with van der Waals surface area (Å²) in [5, 5.41) is 12.5. The molecule has 2 fully saturated rings. The molecule has 4 heterocycles. The molecule has 3 aromatic rings. The second-order valence-electron chi connectivity index (χ2n) is 8.00. The molecule has 7 nitrogen and oxygen atoms in total. The molecule has 0 aliphatic carbocycles. The zero-order valence-electron chi connectivity index (χ0n) is 17.1. The van der Waals surface area contributed by atoms with Crippen LogP contribution in [0, 0.1) is 23.0 Å². The minimum absolute atomic E-state index is 0.148. The number of benzene rings is 1. The van der Waals surface area contributed by atoms with Crippen LogP contribution < -0.4 is 10.2 Å². The van der Waals surface area contributed by atoms with Crippen molar-refractivity contribution in [3.8, 4) is 6.07 Å². The highest BCUT2D eigenvalue weighted by Gasteiger charge is 2.35. The summed E-state index contributed by atoms with van der Waals surface area (Å²) in [6.07, 6.45) is 2.46. The van der Waals surface area contributed by atoms with Gasteiger partial charge in [0.1, 0.15) is 17.4 Å². The number of hydrogen-bond donors (Lipinski definition) is 1. The fraction of sp³-hybridized carbons (Fsp3) is 0.409. The Morgan fingerprint density at radius 1 is 1.32 bits per heavy atom. The third-order valence-corrected chi connectivity index (χ3v) is 6.09. The second-order valence-corrected chi connectivity index (χ2v) is 8.00. The molecule has 1 N–H and O–H groups in total. The third kappa shape index (κ3) is 3.52. The monoisotopic (exact) mass is 424 g/mol. The van der Waals surface area contributed by atoms with E-state index in [0.717, 1.165) is 19.0 Å². The van der Waals surface area contributed by atoms with E-state index in [9.17, 15) is 8.78 Å². The van der Waals surface area contributed by atoms with E-state index in [0.29, 0.717) is 36.9 Å². The van der Waals surface area contributed by atoms with E-state index in [-0.39, 0.29) is 29.2 Å². The van der Waals surface area contributed by atoms with Crippen LogP contribution >= 0.6 is 0 Å². The first-order valence-electron chi connectivity index (χ1n) is 10.4. The van der Waals surface area contributed by atoms with Gasteiger partial charge in [-0.2, -0.15) is 5.26 Å². The van der Waals surface area contributed by atoms with E-state index in [4.69, 9.17) is 10.00 Å². The first-order valence-corrected chi connectivity index (χ1v) is 10.4. The zero-order valence-corrected chi connectivity index (χ0v) is 17.1. The Morgan fingerprint density at radius 2 is 2.19 bits per heavy atom. The van der Waals surface area contributed by atoms with E-state index in [1.807, 2.05) is 6.92 Å². The Morgan fingerprint density at radius 3 is 2.97 bits per heavy atom. The maximum absolute atomic E-state index is 14.9. The topological polar surface area (TPSA) is 79.0 Å². The summed E-state index contributed by atoms with van der Waals surface area (Å²) in [5.41, 5.74) is 1.62. The van der Waals surface area contributed by atoms with Crippen molar-refractivity contribution in [3.63, 3.8) is 0 Å². The van der Waals surface area contributed by atoms with Gasteiger partial charge >= 0.3 is 0 Å². The number of ether oxygens (including phenoxy) is 1. The Kier molecular flexibility index (Phi) is 5.04. The predicted octanol–water partition coefficient (Wildman–Crippen LogP) is 2.76. The van der Waals surface area contributed by atoms with Crippen molar-refractivity contribution in [2.24, 2.45) is 0 Å². The van der Waals surface area contributed by atoms with E-state index >= 15 is 0 Å². The molecule has 3 atom stereocenters. The van der Waals surface area contributed by atoms with Crippen molar-refractivity contribution in [3.05, 3.63) is 53.4 Å². The quantitative estimate of drug-likeness (QED) is 0.697. The standard InChI is InChI=1S/C22H22F2N6O/c1-13(17-3-2-14(10-25)11-27-17)30-21-16(24)8-15(23)9-18(21)28-22(30)29-6-4-20-19(12-29)26-5-7-31-20/h2-3,8-9,11,13,19-20,26H,4-7,12H2,1H3/t13-,19-,20-/m0/s1. The van der Waals surface area contributed by atoms with Gasteiger partial charge in [-0.05, 0) is 25.5 Å². The number of pyridine rings is 1. The molecule has 0 radical (unpaired) electrons. The fourth-order valence-corrected chi connectivity index (χ4v) is 4.54. The minimum Gasteiger partial charge on any atom is -0.375 e. The summed E-state index contributed by atoms with van der Waals surface area (Å²) in [6.45, 7) is 4.74. The normalized spacial score (nSPS) is 22.2. The summed E-state index contributed by atoms with van der Waals surface area (Å²) < 4.78 is 36.5. The van der Waals surface area contributed by atoms with Crippen LogP contribution in [0.1, 0.15) is 30.6 Å². The molecule has 5 rings (SSSR count). The van der Waals surface area contributed by atoms with Crippen molar-refractivity contribution in [1.29, 1.82) is 5.26 Å². The summed E-state index contributed by atoms with van der Waals surface area (Å²) in [4.78, 5) is 11.1. The van der Waals surface area contributed by atoms with Gasteiger partial charge in [-0.15, -0.1) is 0 Å². The van der Waals surface area contributed by atoms with Gasteiger partial charge in [0.15, 0.2) is 5.82 Å². The van der Waals surface area contributed by atoms with Gasteiger partial charge < -0.3 is 15.0 Å². The molecule has 0 unspecified atom stereocenters. The first kappa shape index (κ1) is 19.8. The van der Waals surface area contributed by atoms with Gasteiger partial charge in [-0.25, -0.2) is 13.8 Å². The molecule has 0 saturated carbocycles. The lowest BCUT2D eigenvalue weighted by atomic mass is 10.0. The smallest absolute Gasteiger partial charge is 0.207 e. The molecule has 0 bridgehead atoms. The molecule has 2 aromatic heterocycles. The third-order valence-electron chi connectivity index (χ3n) is 6.09. The molecular formula is C22H22F2N6O. The molecular weight excluding hydrogens is 402 g/mol. The van der Waals surface area contributed by atoms with Crippen LogP contribution in [0.15, 0.2) is 30.5 Å². The van der Waals surface area contributed by atoms with Crippen molar-refractivity contribution in [2.75, 3.05) is 31.1 Å². The van der Waals surface area contributed by atoms with Gasteiger partial charge in [0, 0.05) is 38.0 Å². The largest absolute Gasteiger partial charge is 0.375 e. The lowest BCUT2D eigenvalue weighted by molar-refractivity contribution is -0.0137. The van der Waals surface area contributed by atoms with E-state index in [1.54, 1.807) is 16.7 Å². The SMILES string of the molecule is C[C@@H](c1ccc(C#N)cn1)n1c(N2CC[C@@H]3OCCN[C@H]3C2)nc2cc(F)cc(F)c21. The highest BCUT2D eigenvalue weighted by Crippen LogP contribution is 2.33. The maximum atomic E-state index is 14.9. The van der Waals surface area contributed by atoms with E-state index < -0.39 is 11.6 Å². The number of rotatable bonds is 3. The van der Waals surface area contributed by atoms with Crippen LogP contribution in [0.25, 0.3) is 11.0 Å². The van der Waals surface area contributed by atoms with Crippen molar-refractivity contribution < 1.29 is 13.5 Å². The summed E-state index contributed by atoms with van der Waals surface area (Å²) >= 11 is 0. The molecule has 160 valence electrons. The Hall–Kier alpha value is -3.09. The lowest BCUT2D eigenvalue weighted by Crippen LogP contribution is -2.58. The lowest BCUT2D eigenvalue weighted by Gasteiger charge is -2.42. The predicted molar refractivity (Wildman–Crippen MR) is 111 cm³/mol. The molecule has 0 amide bonds. The van der Waals surface area contributed by atoms with Crippen LogP contribution in [0.3, 0.4) is 0 Å². The van der Waals surface area contributed by atoms with Crippen molar-refractivity contribution >= 4 is 17.0 Å². The van der Waals surface area contributed by atoms with Crippen LogP contribution in [-0.2, 0) is 4.74 Å². The summed E-state index contributed by atoms with van der Waals surface area (Å²) in [6, 6.07) is 7.40. The first-order chi connectivity index (χ1) is 15.0. The Labute approximate surface area is 178 Å². The molecule has 2 aliphatic heterocycles. The van der Waals surface area contributed by atoms with Gasteiger partial charge in [-0.1, -0.05) is 0 Å². The number of nitrogens with zero attached hydrogens (tertiary/aromatic N) is 5. The number of nitrogens with one attached hydrogen (secondary N) is 1.